The van der Waals surface area contributed by atoms with E-state index < -0.39 is 0 Å². The van der Waals surface area contributed by atoms with Crippen LogP contribution in [-0.2, 0) is 17.8 Å². The molecule has 156 valence electrons. The average Bonchev–Trinajstić information content (AvgIpc) is 3.56. The van der Waals surface area contributed by atoms with Crippen molar-refractivity contribution in [2.45, 2.75) is 32.7 Å². The number of halogens is 1. The third kappa shape index (κ3) is 4.61. The van der Waals surface area contributed by atoms with Crippen LogP contribution in [0.3, 0.4) is 0 Å². The molecule has 5 heteroatoms. The van der Waals surface area contributed by atoms with Crippen LogP contribution in [0.4, 0.5) is 10.2 Å². The second-order valence-electron chi connectivity index (χ2n) is 8.47. The first-order valence-electron chi connectivity index (χ1n) is 10.5. The molecule has 0 atom stereocenters. The van der Waals surface area contributed by atoms with Crippen LogP contribution < -0.4 is 4.90 Å². The third-order valence-electron chi connectivity index (χ3n) is 5.64. The standard InChI is InChI=1S/C25H28FN3O/c1-17-4-7-20-15-21(24(28(2)3)27-23(20)14-17)16-29(25(30)19-8-9-19)13-12-18-5-10-22(26)11-6-18/h4-7,10-11,14-15,19H,8-9,12-13,16H2,1-3H3. The monoisotopic (exact) mass is 405 g/mol. The number of carbonyl (C=O) groups excluding carboxylic acids is 1. The van der Waals surface area contributed by atoms with Gasteiger partial charge < -0.3 is 9.80 Å². The van der Waals surface area contributed by atoms with Gasteiger partial charge in [0.2, 0.25) is 5.91 Å². The first-order valence-corrected chi connectivity index (χ1v) is 10.5. The van der Waals surface area contributed by atoms with Gasteiger partial charge in [-0.3, -0.25) is 4.79 Å². The van der Waals surface area contributed by atoms with Crippen molar-refractivity contribution in [1.29, 1.82) is 0 Å². The number of anilines is 1. The van der Waals surface area contributed by atoms with Gasteiger partial charge in [-0.05, 0) is 61.6 Å². The molecule has 0 saturated heterocycles. The molecule has 0 aliphatic heterocycles. The molecule has 1 saturated carbocycles. The molecular formula is C25H28FN3O. The van der Waals surface area contributed by atoms with Gasteiger partial charge in [0.1, 0.15) is 11.6 Å². The lowest BCUT2D eigenvalue weighted by molar-refractivity contribution is -0.133. The van der Waals surface area contributed by atoms with Crippen LogP contribution in [0.1, 0.15) is 29.5 Å². The average molecular weight is 406 g/mol. The Morgan fingerprint density at radius 3 is 2.50 bits per heavy atom. The van der Waals surface area contributed by atoms with E-state index in [0.717, 1.165) is 40.7 Å². The largest absolute Gasteiger partial charge is 0.362 e. The Bertz CT molecular complexity index is 1060. The van der Waals surface area contributed by atoms with Gasteiger partial charge >= 0.3 is 0 Å². The summed E-state index contributed by atoms with van der Waals surface area (Å²) >= 11 is 0. The Balaban J connectivity index is 1.61. The zero-order chi connectivity index (χ0) is 21.3. The molecule has 0 spiro atoms. The molecule has 1 aliphatic carbocycles. The first-order chi connectivity index (χ1) is 14.4. The zero-order valence-corrected chi connectivity index (χ0v) is 17.9. The van der Waals surface area contributed by atoms with Gasteiger partial charge in [-0.2, -0.15) is 0 Å². The second kappa shape index (κ2) is 8.42. The van der Waals surface area contributed by atoms with Crippen molar-refractivity contribution in [3.63, 3.8) is 0 Å². The summed E-state index contributed by atoms with van der Waals surface area (Å²) in [5.74, 6) is 1.02. The van der Waals surface area contributed by atoms with Gasteiger partial charge in [0.05, 0.1) is 5.52 Å². The maximum atomic E-state index is 13.2. The molecule has 4 nitrogen and oxygen atoms in total. The summed E-state index contributed by atoms with van der Waals surface area (Å²) in [6.07, 6.45) is 2.65. The molecular weight excluding hydrogens is 377 g/mol. The third-order valence-corrected chi connectivity index (χ3v) is 5.64. The summed E-state index contributed by atoms with van der Waals surface area (Å²) in [6, 6.07) is 15.0. The molecule has 0 N–H and O–H groups in total. The van der Waals surface area contributed by atoms with E-state index in [1.807, 2.05) is 23.9 Å². The highest BCUT2D eigenvalue weighted by Crippen LogP contribution is 2.32. The Hall–Kier alpha value is -2.95. The van der Waals surface area contributed by atoms with E-state index in [-0.39, 0.29) is 17.6 Å². The number of hydrogen-bond acceptors (Lipinski definition) is 3. The molecule has 4 rings (SSSR count). The zero-order valence-electron chi connectivity index (χ0n) is 17.9. The summed E-state index contributed by atoms with van der Waals surface area (Å²) in [5, 5.41) is 1.08. The maximum Gasteiger partial charge on any atom is 0.225 e. The van der Waals surface area contributed by atoms with Gasteiger partial charge in [-0.25, -0.2) is 9.37 Å². The van der Waals surface area contributed by atoms with E-state index in [0.29, 0.717) is 19.5 Å². The molecule has 2 aromatic carbocycles. The number of aromatic nitrogens is 1. The number of pyridine rings is 1. The fraction of sp³-hybridized carbons (Fsp3) is 0.360. The first kappa shape index (κ1) is 20.3. The highest BCUT2D eigenvalue weighted by atomic mass is 19.1. The molecule has 0 bridgehead atoms. The lowest BCUT2D eigenvalue weighted by atomic mass is 10.1. The van der Waals surface area contributed by atoms with Crippen LogP contribution in [0.2, 0.25) is 0 Å². The number of benzene rings is 2. The number of fused-ring (bicyclic) bond motifs is 1. The van der Waals surface area contributed by atoms with Gasteiger partial charge in [0.15, 0.2) is 0 Å². The smallest absolute Gasteiger partial charge is 0.225 e. The Morgan fingerprint density at radius 1 is 1.10 bits per heavy atom. The van der Waals surface area contributed by atoms with E-state index in [4.69, 9.17) is 4.98 Å². The van der Waals surface area contributed by atoms with E-state index in [9.17, 15) is 9.18 Å². The molecule has 1 fully saturated rings. The number of rotatable bonds is 7. The Kier molecular flexibility index (Phi) is 5.71. The van der Waals surface area contributed by atoms with Gasteiger partial charge in [-0.15, -0.1) is 0 Å². The van der Waals surface area contributed by atoms with Crippen LogP contribution in [0.25, 0.3) is 10.9 Å². The maximum absolute atomic E-state index is 13.2. The van der Waals surface area contributed by atoms with Crippen LogP contribution in [-0.4, -0.2) is 36.4 Å². The van der Waals surface area contributed by atoms with E-state index in [1.165, 1.54) is 17.7 Å². The number of nitrogens with zero attached hydrogens (tertiary/aromatic N) is 3. The summed E-state index contributed by atoms with van der Waals surface area (Å²) in [5.41, 5.74) is 4.22. The number of aryl methyl sites for hydroxylation is 1. The summed E-state index contributed by atoms with van der Waals surface area (Å²) in [4.78, 5) is 21.8. The van der Waals surface area contributed by atoms with Crippen LogP contribution >= 0.6 is 0 Å². The molecule has 0 radical (unpaired) electrons. The van der Waals surface area contributed by atoms with Crippen molar-refractivity contribution in [3.05, 3.63) is 71.0 Å². The number of hydrogen-bond donors (Lipinski definition) is 0. The van der Waals surface area contributed by atoms with Gasteiger partial charge in [0, 0.05) is 44.1 Å². The Labute approximate surface area is 177 Å². The van der Waals surface area contributed by atoms with E-state index >= 15 is 0 Å². The normalized spacial score (nSPS) is 13.5. The number of amides is 1. The van der Waals surface area contributed by atoms with Crippen LogP contribution in [0, 0.1) is 18.7 Å². The van der Waals surface area contributed by atoms with Gasteiger partial charge in [-0.1, -0.05) is 24.3 Å². The summed E-state index contributed by atoms with van der Waals surface area (Å²) < 4.78 is 13.2. The fourth-order valence-electron chi connectivity index (χ4n) is 3.79. The van der Waals surface area contributed by atoms with Crippen molar-refractivity contribution >= 4 is 22.6 Å². The lowest BCUT2D eigenvalue weighted by Crippen LogP contribution is -2.34. The van der Waals surface area contributed by atoms with Crippen LogP contribution in [0.5, 0.6) is 0 Å². The molecule has 3 aromatic rings. The van der Waals surface area contributed by atoms with Crippen molar-refractivity contribution in [2.24, 2.45) is 5.92 Å². The lowest BCUT2D eigenvalue weighted by Gasteiger charge is -2.26. The summed E-state index contributed by atoms with van der Waals surface area (Å²) in [7, 11) is 3.97. The number of carbonyl (C=O) groups is 1. The van der Waals surface area contributed by atoms with Crippen molar-refractivity contribution in [2.75, 3.05) is 25.5 Å². The predicted octanol–water partition coefficient (Wildman–Crippen LogP) is 4.73. The Morgan fingerprint density at radius 2 is 1.83 bits per heavy atom. The molecule has 1 amide bonds. The predicted molar refractivity (Wildman–Crippen MR) is 119 cm³/mol. The quantitative estimate of drug-likeness (QED) is 0.570. The minimum atomic E-state index is -0.238. The molecule has 30 heavy (non-hydrogen) atoms. The molecule has 1 aromatic heterocycles. The highest BCUT2D eigenvalue weighted by molar-refractivity contribution is 5.84. The van der Waals surface area contributed by atoms with Gasteiger partial charge in [0.25, 0.3) is 0 Å². The molecule has 0 unspecified atom stereocenters. The van der Waals surface area contributed by atoms with Crippen molar-refractivity contribution in [1.82, 2.24) is 9.88 Å². The highest BCUT2D eigenvalue weighted by Gasteiger charge is 2.33. The fourth-order valence-corrected chi connectivity index (χ4v) is 3.79. The van der Waals surface area contributed by atoms with Crippen molar-refractivity contribution in [3.8, 4) is 0 Å². The minimum absolute atomic E-state index is 0.150. The van der Waals surface area contributed by atoms with Crippen LogP contribution in [0.15, 0.2) is 48.5 Å². The van der Waals surface area contributed by atoms with E-state index in [1.54, 1.807) is 12.1 Å². The van der Waals surface area contributed by atoms with Crippen molar-refractivity contribution < 1.29 is 9.18 Å². The second-order valence-corrected chi connectivity index (χ2v) is 8.47. The minimum Gasteiger partial charge on any atom is -0.362 e. The van der Waals surface area contributed by atoms with E-state index in [2.05, 4.69) is 31.2 Å². The molecule has 1 aliphatic rings. The SMILES string of the molecule is Cc1ccc2cc(CN(CCc3ccc(F)cc3)C(=O)C3CC3)c(N(C)C)nc2c1. The topological polar surface area (TPSA) is 36.4 Å². The molecule has 1 heterocycles. The summed E-state index contributed by atoms with van der Waals surface area (Å²) in [6.45, 7) is 3.20.